The molecule has 0 atom stereocenters. The largest absolute Gasteiger partial charge is 0.416 e. The Morgan fingerprint density at radius 1 is 1.24 bits per heavy atom. The molecular weight excluding hydrogens is 287 g/mol. The van der Waals surface area contributed by atoms with Gasteiger partial charge in [-0.3, -0.25) is 4.79 Å². The average Bonchev–Trinajstić information content (AvgIpc) is 2.47. The molecule has 1 aliphatic heterocycles. The van der Waals surface area contributed by atoms with E-state index in [0.29, 0.717) is 26.1 Å². The van der Waals surface area contributed by atoms with Crippen LogP contribution in [-0.4, -0.2) is 36.4 Å². The summed E-state index contributed by atoms with van der Waals surface area (Å²) >= 11 is 0. The number of carbonyl (C=O) groups is 1. The lowest BCUT2D eigenvalue weighted by atomic mass is 9.90. The minimum absolute atomic E-state index is 0.127. The third kappa shape index (κ3) is 3.74. The van der Waals surface area contributed by atoms with Crippen molar-refractivity contribution in [1.82, 2.24) is 5.32 Å². The lowest BCUT2D eigenvalue weighted by Gasteiger charge is -2.36. The number of ether oxygens (including phenoxy) is 1. The average molecular weight is 303 g/mol. The van der Waals surface area contributed by atoms with Crippen LogP contribution in [0.25, 0.3) is 0 Å². The number of hydrogen-bond donors (Lipinski definition) is 2. The summed E-state index contributed by atoms with van der Waals surface area (Å²) in [5.41, 5.74) is -1.44. The molecule has 1 saturated heterocycles. The predicted octanol–water partition coefficient (Wildman–Crippen LogP) is 1.98. The van der Waals surface area contributed by atoms with Gasteiger partial charge >= 0.3 is 6.18 Å². The number of aliphatic hydroxyl groups excluding tert-OH is 1. The normalized spacial score (nSPS) is 18.3. The molecule has 0 bridgehead atoms. The Hall–Kier alpha value is -1.60. The van der Waals surface area contributed by atoms with Crippen LogP contribution in [0, 0.1) is 0 Å². The van der Waals surface area contributed by atoms with Crippen molar-refractivity contribution in [1.29, 1.82) is 0 Å². The molecule has 116 valence electrons. The maximum atomic E-state index is 12.5. The molecule has 2 N–H and O–H groups in total. The Morgan fingerprint density at radius 3 is 2.29 bits per heavy atom. The molecule has 4 nitrogen and oxygen atoms in total. The van der Waals surface area contributed by atoms with E-state index in [1.54, 1.807) is 0 Å². The fourth-order valence-corrected chi connectivity index (χ4v) is 2.21. The van der Waals surface area contributed by atoms with Gasteiger partial charge in [0.05, 0.1) is 17.7 Å². The Balaban J connectivity index is 2.09. The van der Waals surface area contributed by atoms with E-state index in [1.165, 1.54) is 0 Å². The molecule has 1 heterocycles. The standard InChI is InChI=1S/C14H16F3NO3/c15-14(16,17)11-3-1-10(2-4-11)12(20)18-13(9-19)5-7-21-8-6-13/h1-4,19H,5-9H2,(H,18,20). The van der Waals surface area contributed by atoms with Crippen molar-refractivity contribution in [3.63, 3.8) is 0 Å². The van der Waals surface area contributed by atoms with Gasteiger partial charge in [-0.2, -0.15) is 13.2 Å². The lowest BCUT2D eigenvalue weighted by molar-refractivity contribution is -0.137. The van der Waals surface area contributed by atoms with E-state index >= 15 is 0 Å². The van der Waals surface area contributed by atoms with Gasteiger partial charge < -0.3 is 15.2 Å². The molecule has 1 fully saturated rings. The predicted molar refractivity (Wildman–Crippen MR) is 68.8 cm³/mol. The Morgan fingerprint density at radius 2 is 1.81 bits per heavy atom. The molecule has 2 rings (SSSR count). The maximum Gasteiger partial charge on any atom is 0.416 e. The first-order valence-electron chi connectivity index (χ1n) is 6.55. The van der Waals surface area contributed by atoms with Gasteiger partial charge in [0.1, 0.15) is 0 Å². The lowest BCUT2D eigenvalue weighted by Crippen LogP contribution is -2.54. The number of nitrogens with one attached hydrogen (secondary N) is 1. The highest BCUT2D eigenvalue weighted by molar-refractivity contribution is 5.94. The fraction of sp³-hybridized carbons (Fsp3) is 0.500. The van der Waals surface area contributed by atoms with E-state index in [2.05, 4.69) is 5.32 Å². The quantitative estimate of drug-likeness (QED) is 0.897. The molecule has 21 heavy (non-hydrogen) atoms. The van der Waals surface area contributed by atoms with Gasteiger partial charge in [0.2, 0.25) is 0 Å². The molecule has 0 spiro atoms. The van der Waals surface area contributed by atoms with Crippen LogP contribution in [0.5, 0.6) is 0 Å². The first-order chi connectivity index (χ1) is 9.86. The van der Waals surface area contributed by atoms with Crippen molar-refractivity contribution in [3.8, 4) is 0 Å². The molecule has 1 aromatic rings. The minimum Gasteiger partial charge on any atom is -0.394 e. The summed E-state index contributed by atoms with van der Waals surface area (Å²) in [5.74, 6) is -0.500. The Bertz CT molecular complexity index is 493. The van der Waals surface area contributed by atoms with Crippen molar-refractivity contribution in [2.75, 3.05) is 19.8 Å². The number of halogens is 3. The highest BCUT2D eigenvalue weighted by atomic mass is 19.4. The number of benzene rings is 1. The molecule has 1 amide bonds. The van der Waals surface area contributed by atoms with E-state index in [-0.39, 0.29) is 12.2 Å². The van der Waals surface area contributed by atoms with Crippen LogP contribution in [0.2, 0.25) is 0 Å². The molecule has 1 aliphatic rings. The van der Waals surface area contributed by atoms with Crippen LogP contribution in [0.4, 0.5) is 13.2 Å². The van der Waals surface area contributed by atoms with Crippen LogP contribution in [0.1, 0.15) is 28.8 Å². The smallest absolute Gasteiger partial charge is 0.394 e. The highest BCUT2D eigenvalue weighted by Gasteiger charge is 2.34. The topological polar surface area (TPSA) is 58.6 Å². The van der Waals surface area contributed by atoms with Crippen LogP contribution in [0.3, 0.4) is 0 Å². The van der Waals surface area contributed by atoms with Gasteiger partial charge in [-0.05, 0) is 37.1 Å². The fourth-order valence-electron chi connectivity index (χ4n) is 2.21. The first-order valence-corrected chi connectivity index (χ1v) is 6.55. The summed E-state index contributed by atoms with van der Waals surface area (Å²) in [7, 11) is 0. The molecule has 0 aliphatic carbocycles. The molecule has 0 radical (unpaired) electrons. The number of hydrogen-bond acceptors (Lipinski definition) is 3. The van der Waals surface area contributed by atoms with Gasteiger partial charge in [0, 0.05) is 18.8 Å². The number of alkyl halides is 3. The summed E-state index contributed by atoms with van der Waals surface area (Å²) in [5, 5.41) is 12.2. The second kappa shape index (κ2) is 6.03. The molecule has 0 aromatic heterocycles. The third-order valence-electron chi connectivity index (χ3n) is 3.61. The van der Waals surface area contributed by atoms with Crippen LogP contribution < -0.4 is 5.32 Å². The van der Waals surface area contributed by atoms with Crippen LogP contribution in [0.15, 0.2) is 24.3 Å². The first kappa shape index (κ1) is 15.8. The maximum absolute atomic E-state index is 12.5. The highest BCUT2D eigenvalue weighted by Crippen LogP contribution is 2.29. The van der Waals surface area contributed by atoms with E-state index in [4.69, 9.17) is 4.74 Å². The van der Waals surface area contributed by atoms with Crippen molar-refractivity contribution < 1.29 is 27.8 Å². The molecule has 0 saturated carbocycles. The van der Waals surface area contributed by atoms with E-state index < -0.39 is 23.2 Å². The van der Waals surface area contributed by atoms with E-state index in [9.17, 15) is 23.1 Å². The molecule has 0 unspecified atom stereocenters. The monoisotopic (exact) mass is 303 g/mol. The second-order valence-corrected chi connectivity index (χ2v) is 5.08. The zero-order valence-electron chi connectivity index (χ0n) is 11.2. The number of amides is 1. The summed E-state index contributed by atoms with van der Waals surface area (Å²) in [4.78, 5) is 12.1. The summed E-state index contributed by atoms with van der Waals surface area (Å²) in [6, 6.07) is 3.99. The Kier molecular flexibility index (Phi) is 4.53. The van der Waals surface area contributed by atoms with E-state index in [1.807, 2.05) is 0 Å². The molecule has 7 heteroatoms. The SMILES string of the molecule is O=C(NC1(CO)CCOCC1)c1ccc(C(F)(F)F)cc1. The Labute approximate surface area is 119 Å². The third-order valence-corrected chi connectivity index (χ3v) is 3.61. The number of aliphatic hydroxyl groups is 1. The van der Waals surface area contributed by atoms with Crippen molar-refractivity contribution in [2.45, 2.75) is 24.6 Å². The number of carbonyl (C=O) groups excluding carboxylic acids is 1. The molecule has 1 aromatic carbocycles. The summed E-state index contributed by atoms with van der Waals surface area (Å²) in [6.07, 6.45) is -3.49. The van der Waals surface area contributed by atoms with E-state index in [0.717, 1.165) is 24.3 Å². The van der Waals surface area contributed by atoms with Crippen molar-refractivity contribution in [2.24, 2.45) is 0 Å². The zero-order chi connectivity index (χ0) is 15.5. The summed E-state index contributed by atoms with van der Waals surface area (Å²) in [6.45, 7) is 0.616. The van der Waals surface area contributed by atoms with Gasteiger partial charge in [-0.15, -0.1) is 0 Å². The van der Waals surface area contributed by atoms with Gasteiger partial charge in [-0.25, -0.2) is 0 Å². The second-order valence-electron chi connectivity index (χ2n) is 5.08. The van der Waals surface area contributed by atoms with Crippen molar-refractivity contribution in [3.05, 3.63) is 35.4 Å². The number of rotatable bonds is 3. The minimum atomic E-state index is -4.43. The van der Waals surface area contributed by atoms with Gasteiger partial charge in [0.15, 0.2) is 0 Å². The zero-order valence-corrected chi connectivity index (χ0v) is 11.2. The van der Waals surface area contributed by atoms with Gasteiger partial charge in [0.25, 0.3) is 5.91 Å². The van der Waals surface area contributed by atoms with Crippen LogP contribution in [-0.2, 0) is 10.9 Å². The van der Waals surface area contributed by atoms with Crippen molar-refractivity contribution >= 4 is 5.91 Å². The van der Waals surface area contributed by atoms with Crippen LogP contribution >= 0.6 is 0 Å². The molecular formula is C14H16F3NO3. The van der Waals surface area contributed by atoms with Gasteiger partial charge in [-0.1, -0.05) is 0 Å². The summed E-state index contributed by atoms with van der Waals surface area (Å²) < 4.78 is 42.6.